The van der Waals surface area contributed by atoms with Crippen LogP contribution in [0.2, 0.25) is 0 Å². The molecule has 1 N–H and O–H groups in total. The van der Waals surface area contributed by atoms with Crippen LogP contribution in [0.15, 0.2) is 83.8 Å². The molecule has 0 unspecified atom stereocenters. The molecular weight excluding hydrogens is 400 g/mol. The first-order valence-corrected chi connectivity index (χ1v) is 10.9. The topological polar surface area (TPSA) is 75.7 Å². The third kappa shape index (κ3) is 4.99. The molecule has 0 bridgehead atoms. The molecule has 0 spiro atoms. The van der Waals surface area contributed by atoms with Crippen molar-refractivity contribution in [1.82, 2.24) is 0 Å². The summed E-state index contributed by atoms with van der Waals surface area (Å²) in [7, 11) is -2.30. The van der Waals surface area contributed by atoms with Gasteiger partial charge in [0.15, 0.2) is 0 Å². The summed E-state index contributed by atoms with van der Waals surface area (Å²) in [5.41, 5.74) is 2.01. The SMILES string of the molecule is COc1ccccc1NC(=O)CCN(c1ccccc1)S(=O)(=O)c1ccc(C)cc1. The lowest BCUT2D eigenvalue weighted by Gasteiger charge is -2.24. The van der Waals surface area contributed by atoms with Crippen LogP contribution in [0, 0.1) is 6.92 Å². The molecule has 30 heavy (non-hydrogen) atoms. The van der Waals surface area contributed by atoms with Crippen molar-refractivity contribution in [3.63, 3.8) is 0 Å². The van der Waals surface area contributed by atoms with E-state index in [0.717, 1.165) is 5.56 Å². The van der Waals surface area contributed by atoms with Crippen LogP contribution in [0.25, 0.3) is 0 Å². The first kappa shape index (κ1) is 21.4. The standard InChI is InChI=1S/C23H24N2O4S/c1-18-12-14-20(15-13-18)30(27,28)25(19-8-4-3-5-9-19)17-16-23(26)24-21-10-6-7-11-22(21)29-2/h3-15H,16-17H2,1-2H3,(H,24,26). The van der Waals surface area contributed by atoms with E-state index in [9.17, 15) is 13.2 Å². The van der Waals surface area contributed by atoms with Gasteiger partial charge >= 0.3 is 0 Å². The molecule has 0 aliphatic heterocycles. The Balaban J connectivity index is 1.82. The first-order chi connectivity index (χ1) is 14.4. The Bertz CT molecular complexity index is 1100. The molecule has 0 fully saturated rings. The van der Waals surface area contributed by atoms with Gasteiger partial charge in [0, 0.05) is 13.0 Å². The zero-order valence-corrected chi connectivity index (χ0v) is 17.7. The number of carbonyl (C=O) groups is 1. The third-order valence-corrected chi connectivity index (χ3v) is 6.42. The Hall–Kier alpha value is -3.32. The van der Waals surface area contributed by atoms with Gasteiger partial charge in [0.2, 0.25) is 5.91 Å². The maximum absolute atomic E-state index is 13.3. The molecule has 3 aromatic carbocycles. The number of carbonyl (C=O) groups excluding carboxylic acids is 1. The number of methoxy groups -OCH3 is 1. The Morgan fingerprint density at radius 2 is 1.57 bits per heavy atom. The smallest absolute Gasteiger partial charge is 0.264 e. The van der Waals surface area contributed by atoms with Crippen LogP contribution in [0.3, 0.4) is 0 Å². The van der Waals surface area contributed by atoms with Crippen molar-refractivity contribution in [3.05, 3.63) is 84.4 Å². The van der Waals surface area contributed by atoms with Gasteiger partial charge in [-0.25, -0.2) is 8.42 Å². The first-order valence-electron chi connectivity index (χ1n) is 9.49. The van der Waals surface area contributed by atoms with E-state index in [2.05, 4.69) is 5.32 Å². The molecule has 0 radical (unpaired) electrons. The highest BCUT2D eigenvalue weighted by atomic mass is 32.2. The van der Waals surface area contributed by atoms with Crippen LogP contribution >= 0.6 is 0 Å². The van der Waals surface area contributed by atoms with Gasteiger partial charge in [-0.3, -0.25) is 9.10 Å². The summed E-state index contributed by atoms with van der Waals surface area (Å²) in [5, 5.41) is 2.78. The van der Waals surface area contributed by atoms with E-state index in [1.54, 1.807) is 72.8 Å². The Labute approximate surface area is 177 Å². The van der Waals surface area contributed by atoms with Crippen LogP contribution < -0.4 is 14.4 Å². The Morgan fingerprint density at radius 1 is 0.933 bits per heavy atom. The molecule has 0 saturated heterocycles. The lowest BCUT2D eigenvalue weighted by Crippen LogP contribution is -2.34. The summed E-state index contributed by atoms with van der Waals surface area (Å²) in [5.74, 6) is 0.234. The monoisotopic (exact) mass is 424 g/mol. The third-order valence-electron chi connectivity index (χ3n) is 4.58. The van der Waals surface area contributed by atoms with Gasteiger partial charge in [-0.1, -0.05) is 48.0 Å². The minimum absolute atomic E-state index is 0.00120. The van der Waals surface area contributed by atoms with Gasteiger partial charge in [-0.05, 0) is 43.3 Å². The van der Waals surface area contributed by atoms with E-state index in [1.165, 1.54) is 11.4 Å². The summed E-state index contributed by atoms with van der Waals surface area (Å²) < 4.78 is 33.1. The van der Waals surface area contributed by atoms with Crippen LogP contribution in [-0.2, 0) is 14.8 Å². The fraction of sp³-hybridized carbons (Fsp3) is 0.174. The van der Waals surface area contributed by atoms with Gasteiger partial charge in [-0.15, -0.1) is 0 Å². The van der Waals surface area contributed by atoms with Crippen LogP contribution in [0.5, 0.6) is 5.75 Å². The van der Waals surface area contributed by atoms with Crippen molar-refractivity contribution in [2.45, 2.75) is 18.2 Å². The van der Waals surface area contributed by atoms with Crippen LogP contribution in [0.4, 0.5) is 11.4 Å². The lowest BCUT2D eigenvalue weighted by molar-refractivity contribution is -0.116. The van der Waals surface area contributed by atoms with Crippen molar-refractivity contribution in [2.24, 2.45) is 0 Å². The van der Waals surface area contributed by atoms with E-state index in [1.807, 2.05) is 13.0 Å². The quantitative estimate of drug-likeness (QED) is 0.587. The van der Waals surface area contributed by atoms with Crippen LogP contribution in [0.1, 0.15) is 12.0 Å². The maximum Gasteiger partial charge on any atom is 0.264 e. The van der Waals surface area contributed by atoms with Crippen molar-refractivity contribution in [1.29, 1.82) is 0 Å². The summed E-state index contributed by atoms with van der Waals surface area (Å²) in [6.07, 6.45) is -0.0158. The van der Waals surface area contributed by atoms with Crippen molar-refractivity contribution >= 4 is 27.3 Å². The number of aryl methyl sites for hydroxylation is 1. The van der Waals surface area contributed by atoms with Gasteiger partial charge in [0.25, 0.3) is 10.0 Å². The van der Waals surface area contributed by atoms with Gasteiger partial charge < -0.3 is 10.1 Å². The van der Waals surface area contributed by atoms with E-state index >= 15 is 0 Å². The van der Waals surface area contributed by atoms with E-state index in [0.29, 0.717) is 17.1 Å². The molecular formula is C23H24N2O4S. The second-order valence-corrected chi connectivity index (χ2v) is 8.59. The molecule has 0 aliphatic carbocycles. The average Bonchev–Trinajstić information content (AvgIpc) is 2.75. The summed E-state index contributed by atoms with van der Waals surface area (Å²) in [6.45, 7) is 1.90. The minimum Gasteiger partial charge on any atom is -0.495 e. The second-order valence-electron chi connectivity index (χ2n) is 6.72. The molecule has 0 heterocycles. The number of sulfonamides is 1. The molecule has 0 saturated carbocycles. The number of hydrogen-bond acceptors (Lipinski definition) is 4. The van der Waals surface area contributed by atoms with Crippen molar-refractivity contribution in [3.8, 4) is 5.75 Å². The van der Waals surface area contributed by atoms with Gasteiger partial charge in [-0.2, -0.15) is 0 Å². The molecule has 0 atom stereocenters. The van der Waals surface area contributed by atoms with Crippen molar-refractivity contribution < 1.29 is 17.9 Å². The molecule has 7 heteroatoms. The fourth-order valence-corrected chi connectivity index (χ4v) is 4.45. The normalized spacial score (nSPS) is 11.0. The molecule has 0 aliphatic rings. The fourth-order valence-electron chi connectivity index (χ4n) is 2.98. The molecule has 3 rings (SSSR count). The number of ether oxygens (including phenoxy) is 1. The highest BCUT2D eigenvalue weighted by Gasteiger charge is 2.25. The van der Waals surface area contributed by atoms with E-state index in [4.69, 9.17) is 4.74 Å². The second kappa shape index (κ2) is 9.45. The minimum atomic E-state index is -3.82. The van der Waals surface area contributed by atoms with E-state index < -0.39 is 10.0 Å². The summed E-state index contributed by atoms with van der Waals surface area (Å²) in [4.78, 5) is 12.7. The number of nitrogens with one attached hydrogen (secondary N) is 1. The molecule has 3 aromatic rings. The Kier molecular flexibility index (Phi) is 6.74. The predicted molar refractivity (Wildman–Crippen MR) is 118 cm³/mol. The molecule has 0 aromatic heterocycles. The number of anilines is 2. The average molecular weight is 425 g/mol. The predicted octanol–water partition coefficient (Wildman–Crippen LogP) is 4.23. The number of nitrogens with zero attached hydrogens (tertiary/aromatic N) is 1. The number of para-hydroxylation sites is 3. The largest absolute Gasteiger partial charge is 0.495 e. The summed E-state index contributed by atoms with van der Waals surface area (Å²) >= 11 is 0. The number of benzene rings is 3. The highest BCUT2D eigenvalue weighted by Crippen LogP contribution is 2.25. The zero-order chi connectivity index (χ0) is 21.6. The zero-order valence-electron chi connectivity index (χ0n) is 16.9. The molecule has 6 nitrogen and oxygen atoms in total. The van der Waals surface area contributed by atoms with Crippen LogP contribution in [-0.4, -0.2) is 28.0 Å². The van der Waals surface area contributed by atoms with Gasteiger partial charge in [0.05, 0.1) is 23.4 Å². The maximum atomic E-state index is 13.3. The Morgan fingerprint density at radius 3 is 2.23 bits per heavy atom. The van der Waals surface area contributed by atoms with Crippen molar-refractivity contribution in [2.75, 3.05) is 23.3 Å². The number of hydrogen-bond donors (Lipinski definition) is 1. The summed E-state index contributed by atoms with van der Waals surface area (Å²) in [6, 6.07) is 22.5. The molecule has 1 amide bonds. The number of rotatable bonds is 8. The molecule has 156 valence electrons. The van der Waals surface area contributed by atoms with E-state index in [-0.39, 0.29) is 23.8 Å². The highest BCUT2D eigenvalue weighted by molar-refractivity contribution is 7.92. The lowest BCUT2D eigenvalue weighted by atomic mass is 10.2. The number of amides is 1. The van der Waals surface area contributed by atoms with Gasteiger partial charge in [0.1, 0.15) is 5.75 Å².